The highest BCUT2D eigenvalue weighted by Gasteiger charge is 2.39. The molecular weight excluding hydrogens is 247 g/mol. The van der Waals surface area contributed by atoms with Crippen molar-refractivity contribution in [2.24, 2.45) is 5.41 Å². The number of carbonyl (C=O) groups is 1. The molecule has 1 aliphatic rings. The number of pyridine rings is 1. The Morgan fingerprint density at radius 3 is 2.68 bits per heavy atom. The van der Waals surface area contributed by atoms with Crippen LogP contribution in [0.15, 0.2) is 18.5 Å². The number of carboxylic acid groups (broad SMARTS) is 1. The summed E-state index contributed by atoms with van der Waals surface area (Å²) in [6.45, 7) is 4.03. The van der Waals surface area contributed by atoms with E-state index in [2.05, 4.69) is 9.88 Å². The van der Waals surface area contributed by atoms with Crippen molar-refractivity contribution < 1.29 is 14.3 Å². The third-order valence-corrected chi connectivity index (χ3v) is 4.11. The van der Waals surface area contributed by atoms with Crippen molar-refractivity contribution in [1.29, 1.82) is 0 Å². The summed E-state index contributed by atoms with van der Waals surface area (Å²) in [7, 11) is 0. The lowest BCUT2D eigenvalue weighted by molar-refractivity contribution is -0.152. The molecule has 19 heavy (non-hydrogen) atoms. The highest BCUT2D eigenvalue weighted by molar-refractivity contribution is 5.74. The highest BCUT2D eigenvalue weighted by Crippen LogP contribution is 2.35. The third kappa shape index (κ3) is 3.10. The quantitative estimate of drug-likeness (QED) is 0.908. The number of aromatic nitrogens is 1. The molecule has 0 radical (unpaired) electrons. The molecule has 0 aliphatic carbocycles. The molecule has 0 saturated carbocycles. The number of aliphatic carboxylic acids is 1. The number of piperidine rings is 1. The number of hydrogen-bond acceptors (Lipinski definition) is 3. The second-order valence-corrected chi connectivity index (χ2v) is 5.23. The van der Waals surface area contributed by atoms with Crippen LogP contribution in [0.4, 0.5) is 4.39 Å². The van der Waals surface area contributed by atoms with Crippen molar-refractivity contribution in [3.05, 3.63) is 29.8 Å². The predicted molar refractivity (Wildman–Crippen MR) is 69.1 cm³/mol. The van der Waals surface area contributed by atoms with Gasteiger partial charge in [0, 0.05) is 12.7 Å². The summed E-state index contributed by atoms with van der Waals surface area (Å²) in [4.78, 5) is 17.3. The molecule has 0 amide bonds. The van der Waals surface area contributed by atoms with Gasteiger partial charge in [-0.15, -0.1) is 0 Å². The lowest BCUT2D eigenvalue weighted by Crippen LogP contribution is -2.43. The van der Waals surface area contributed by atoms with Crippen LogP contribution in [0.25, 0.3) is 0 Å². The monoisotopic (exact) mass is 266 g/mol. The van der Waals surface area contributed by atoms with Gasteiger partial charge in [0.15, 0.2) is 0 Å². The van der Waals surface area contributed by atoms with Crippen molar-refractivity contribution in [3.63, 3.8) is 0 Å². The first-order valence-corrected chi connectivity index (χ1v) is 6.61. The first kappa shape index (κ1) is 13.9. The van der Waals surface area contributed by atoms with E-state index in [0.29, 0.717) is 25.8 Å². The van der Waals surface area contributed by atoms with E-state index in [9.17, 15) is 14.3 Å². The first-order valence-electron chi connectivity index (χ1n) is 6.61. The van der Waals surface area contributed by atoms with Gasteiger partial charge in [0.2, 0.25) is 0 Å². The topological polar surface area (TPSA) is 53.4 Å². The van der Waals surface area contributed by atoms with Crippen LogP contribution in [0.3, 0.4) is 0 Å². The van der Waals surface area contributed by atoms with Crippen LogP contribution >= 0.6 is 0 Å². The fourth-order valence-corrected chi connectivity index (χ4v) is 2.66. The normalized spacial score (nSPS) is 19.3. The van der Waals surface area contributed by atoms with E-state index >= 15 is 0 Å². The molecule has 0 aromatic carbocycles. The van der Waals surface area contributed by atoms with E-state index in [1.165, 1.54) is 12.3 Å². The molecule has 1 N–H and O–H groups in total. The molecule has 2 rings (SSSR count). The van der Waals surface area contributed by atoms with Gasteiger partial charge in [-0.2, -0.15) is 0 Å². The average molecular weight is 266 g/mol. The molecule has 1 aromatic rings. The number of halogens is 1. The molecule has 0 spiro atoms. The summed E-state index contributed by atoms with van der Waals surface area (Å²) < 4.78 is 13.0. The van der Waals surface area contributed by atoms with Crippen LogP contribution < -0.4 is 0 Å². The summed E-state index contributed by atoms with van der Waals surface area (Å²) in [6.07, 6.45) is 4.81. The fraction of sp³-hybridized carbons (Fsp3) is 0.571. The van der Waals surface area contributed by atoms with Gasteiger partial charge >= 0.3 is 5.97 Å². The van der Waals surface area contributed by atoms with Crippen molar-refractivity contribution in [2.45, 2.75) is 32.7 Å². The molecule has 1 saturated heterocycles. The molecule has 1 aromatic heterocycles. The molecule has 4 nitrogen and oxygen atoms in total. The van der Waals surface area contributed by atoms with Gasteiger partial charge in [-0.3, -0.25) is 14.7 Å². The van der Waals surface area contributed by atoms with E-state index in [1.54, 1.807) is 6.20 Å². The number of rotatable bonds is 4. The van der Waals surface area contributed by atoms with Crippen molar-refractivity contribution in [1.82, 2.24) is 9.88 Å². The van der Waals surface area contributed by atoms with Crippen LogP contribution in [0, 0.1) is 11.2 Å². The summed E-state index contributed by atoms with van der Waals surface area (Å²) >= 11 is 0. The summed E-state index contributed by atoms with van der Waals surface area (Å²) in [5.74, 6) is -1.02. The molecule has 104 valence electrons. The molecular formula is C14H19FN2O2. The highest BCUT2D eigenvalue weighted by atomic mass is 19.1. The van der Waals surface area contributed by atoms with Gasteiger partial charge in [-0.05, 0) is 44.0 Å². The standard InChI is InChI=1S/C14H19FN2O2/c1-2-14(13(18)19)3-5-17(6-4-14)10-11-7-12(15)9-16-8-11/h7-9H,2-6,10H2,1H3,(H,18,19). The summed E-state index contributed by atoms with van der Waals surface area (Å²) in [6, 6.07) is 1.48. The van der Waals surface area contributed by atoms with Gasteiger partial charge in [-0.1, -0.05) is 6.92 Å². The largest absolute Gasteiger partial charge is 0.481 e. The van der Waals surface area contributed by atoms with Gasteiger partial charge in [0.05, 0.1) is 11.6 Å². The Balaban J connectivity index is 1.95. The van der Waals surface area contributed by atoms with Crippen molar-refractivity contribution in [2.75, 3.05) is 13.1 Å². The van der Waals surface area contributed by atoms with E-state index in [1.807, 2.05) is 6.92 Å². The molecule has 1 fully saturated rings. The Hall–Kier alpha value is -1.49. The lowest BCUT2D eigenvalue weighted by Gasteiger charge is -2.38. The minimum Gasteiger partial charge on any atom is -0.481 e. The second-order valence-electron chi connectivity index (χ2n) is 5.23. The Labute approximate surface area is 112 Å². The van der Waals surface area contributed by atoms with Crippen LogP contribution in [0.2, 0.25) is 0 Å². The number of hydrogen-bond donors (Lipinski definition) is 1. The lowest BCUT2D eigenvalue weighted by atomic mass is 9.76. The van der Waals surface area contributed by atoms with E-state index in [4.69, 9.17) is 0 Å². The molecule has 0 unspecified atom stereocenters. The van der Waals surface area contributed by atoms with Gasteiger partial charge in [0.1, 0.15) is 5.82 Å². The van der Waals surface area contributed by atoms with Gasteiger partial charge in [-0.25, -0.2) is 4.39 Å². The Morgan fingerprint density at radius 1 is 1.47 bits per heavy atom. The maximum atomic E-state index is 13.0. The molecule has 0 bridgehead atoms. The molecule has 0 atom stereocenters. The smallest absolute Gasteiger partial charge is 0.309 e. The van der Waals surface area contributed by atoms with E-state index in [-0.39, 0.29) is 5.82 Å². The van der Waals surface area contributed by atoms with E-state index < -0.39 is 11.4 Å². The summed E-state index contributed by atoms with van der Waals surface area (Å²) in [5.41, 5.74) is 0.260. The Kier molecular flexibility index (Phi) is 4.14. The van der Waals surface area contributed by atoms with Crippen LogP contribution in [0.1, 0.15) is 31.7 Å². The number of nitrogens with zero attached hydrogens (tertiary/aromatic N) is 2. The zero-order valence-corrected chi connectivity index (χ0v) is 11.1. The SMILES string of the molecule is CCC1(C(=O)O)CCN(Cc2cncc(F)c2)CC1. The minimum atomic E-state index is -0.693. The predicted octanol–water partition coefficient (Wildman–Crippen LogP) is 2.30. The molecule has 1 aliphatic heterocycles. The first-order chi connectivity index (χ1) is 9.05. The Morgan fingerprint density at radius 2 is 2.16 bits per heavy atom. The second kappa shape index (κ2) is 5.65. The zero-order valence-electron chi connectivity index (χ0n) is 11.1. The van der Waals surface area contributed by atoms with E-state index in [0.717, 1.165) is 18.7 Å². The van der Waals surface area contributed by atoms with Crippen LogP contribution in [-0.4, -0.2) is 34.0 Å². The zero-order chi connectivity index (χ0) is 13.9. The van der Waals surface area contributed by atoms with Crippen LogP contribution in [0.5, 0.6) is 0 Å². The van der Waals surface area contributed by atoms with Crippen molar-refractivity contribution >= 4 is 5.97 Å². The van der Waals surface area contributed by atoms with Crippen LogP contribution in [-0.2, 0) is 11.3 Å². The van der Waals surface area contributed by atoms with Crippen molar-refractivity contribution in [3.8, 4) is 0 Å². The van der Waals surface area contributed by atoms with Gasteiger partial charge in [0.25, 0.3) is 0 Å². The summed E-state index contributed by atoms with van der Waals surface area (Å²) in [5, 5.41) is 9.32. The molecule has 5 heteroatoms. The number of likely N-dealkylation sites (tertiary alicyclic amines) is 1. The minimum absolute atomic E-state index is 0.331. The van der Waals surface area contributed by atoms with Gasteiger partial charge < -0.3 is 5.11 Å². The third-order valence-electron chi connectivity index (χ3n) is 4.11. The Bertz CT molecular complexity index is 457. The maximum absolute atomic E-state index is 13.0. The molecule has 2 heterocycles. The average Bonchev–Trinajstić information content (AvgIpc) is 2.39. The fourth-order valence-electron chi connectivity index (χ4n) is 2.66. The maximum Gasteiger partial charge on any atom is 0.309 e. The number of carboxylic acids is 1.